The number of aromatic nitrogens is 3. The summed E-state index contributed by atoms with van der Waals surface area (Å²) in [7, 11) is 1.50. The van der Waals surface area contributed by atoms with Gasteiger partial charge in [0.15, 0.2) is 0 Å². The van der Waals surface area contributed by atoms with Crippen molar-refractivity contribution in [3.05, 3.63) is 5.82 Å². The van der Waals surface area contributed by atoms with Crippen molar-refractivity contribution in [1.29, 1.82) is 0 Å². The molecule has 2 heterocycles. The molecular formula is C11H18ClN3O3S. The molecule has 0 amide bonds. The van der Waals surface area contributed by atoms with Crippen molar-refractivity contribution >= 4 is 19.7 Å². The lowest BCUT2D eigenvalue weighted by Gasteiger charge is -2.18. The van der Waals surface area contributed by atoms with Gasteiger partial charge in [-0.05, 0) is 26.7 Å². The number of nitrogens with zero attached hydrogens (tertiary/aromatic N) is 3. The number of ether oxygens (including phenoxy) is 1. The molecule has 0 aromatic carbocycles. The smallest absolute Gasteiger partial charge is 0.296 e. The topological polar surface area (TPSA) is 74.1 Å². The van der Waals surface area contributed by atoms with Crippen molar-refractivity contribution < 1.29 is 13.2 Å². The molecule has 19 heavy (non-hydrogen) atoms. The summed E-state index contributed by atoms with van der Waals surface area (Å²) in [5.74, 6) is 0.899. The van der Waals surface area contributed by atoms with Crippen LogP contribution >= 0.6 is 10.7 Å². The van der Waals surface area contributed by atoms with Crippen molar-refractivity contribution in [2.24, 2.45) is 5.92 Å². The molecule has 4 atom stereocenters. The van der Waals surface area contributed by atoms with Gasteiger partial charge in [-0.2, -0.15) is 0 Å². The van der Waals surface area contributed by atoms with Gasteiger partial charge in [-0.1, -0.05) is 6.92 Å². The fourth-order valence-corrected chi connectivity index (χ4v) is 3.70. The van der Waals surface area contributed by atoms with Crippen LogP contribution in [0.1, 0.15) is 39.4 Å². The molecule has 0 saturated carbocycles. The molecule has 4 unspecified atom stereocenters. The van der Waals surface area contributed by atoms with Gasteiger partial charge < -0.3 is 9.30 Å². The van der Waals surface area contributed by atoms with Crippen LogP contribution in [0.15, 0.2) is 5.16 Å². The Balaban J connectivity index is 2.50. The van der Waals surface area contributed by atoms with E-state index in [1.807, 2.05) is 20.8 Å². The average molecular weight is 308 g/mol. The maximum atomic E-state index is 11.5. The molecule has 1 saturated heterocycles. The summed E-state index contributed by atoms with van der Waals surface area (Å²) in [4.78, 5) is 0. The van der Waals surface area contributed by atoms with Gasteiger partial charge in [-0.3, -0.25) is 0 Å². The average Bonchev–Trinajstić information content (AvgIpc) is 2.81. The fourth-order valence-electron chi connectivity index (χ4n) is 2.74. The van der Waals surface area contributed by atoms with Crippen LogP contribution in [0.3, 0.4) is 0 Å². The van der Waals surface area contributed by atoms with Crippen molar-refractivity contribution in [3.8, 4) is 0 Å². The van der Waals surface area contributed by atoms with E-state index in [0.29, 0.717) is 12.4 Å². The Bertz CT molecular complexity index is 572. The normalized spacial score (nSPS) is 31.8. The van der Waals surface area contributed by atoms with E-state index in [4.69, 9.17) is 15.4 Å². The Labute approximate surface area is 117 Å². The van der Waals surface area contributed by atoms with Gasteiger partial charge in [0.2, 0.25) is 0 Å². The van der Waals surface area contributed by atoms with Gasteiger partial charge in [0.05, 0.1) is 18.1 Å². The lowest BCUT2D eigenvalue weighted by Crippen LogP contribution is -2.20. The summed E-state index contributed by atoms with van der Waals surface area (Å²) < 4.78 is 30.3. The van der Waals surface area contributed by atoms with E-state index in [0.717, 1.165) is 0 Å². The molecule has 2 rings (SSSR count). The molecular weight excluding hydrogens is 290 g/mol. The molecule has 1 aliphatic rings. The highest BCUT2D eigenvalue weighted by Gasteiger charge is 2.41. The summed E-state index contributed by atoms with van der Waals surface area (Å²) in [6.45, 7) is 8.34. The van der Waals surface area contributed by atoms with E-state index in [2.05, 4.69) is 17.1 Å². The second kappa shape index (κ2) is 5.03. The summed E-state index contributed by atoms with van der Waals surface area (Å²) in [6.07, 6.45) is 0.0865. The minimum absolute atomic E-state index is 0.0228. The lowest BCUT2D eigenvalue weighted by atomic mass is 9.89. The molecule has 0 N–H and O–H groups in total. The second-order valence-corrected chi connectivity index (χ2v) is 7.41. The largest absolute Gasteiger partial charge is 0.374 e. The van der Waals surface area contributed by atoms with Crippen molar-refractivity contribution in [3.63, 3.8) is 0 Å². The Morgan fingerprint density at radius 1 is 1.26 bits per heavy atom. The Hall–Kier alpha value is -0.660. The molecule has 1 aliphatic heterocycles. The van der Waals surface area contributed by atoms with Crippen LogP contribution in [0.4, 0.5) is 0 Å². The van der Waals surface area contributed by atoms with Gasteiger partial charge in [0.25, 0.3) is 14.2 Å². The van der Waals surface area contributed by atoms with Gasteiger partial charge in [-0.25, -0.2) is 8.42 Å². The van der Waals surface area contributed by atoms with E-state index in [1.165, 1.54) is 0 Å². The zero-order chi connectivity index (χ0) is 14.4. The van der Waals surface area contributed by atoms with Crippen LogP contribution in [0.25, 0.3) is 0 Å². The van der Waals surface area contributed by atoms with Crippen LogP contribution in [-0.4, -0.2) is 35.4 Å². The highest BCUT2D eigenvalue weighted by molar-refractivity contribution is 8.13. The Morgan fingerprint density at radius 3 is 2.32 bits per heavy atom. The van der Waals surface area contributed by atoms with Crippen LogP contribution in [-0.2, 0) is 20.3 Å². The fraction of sp³-hybridized carbons (Fsp3) is 0.818. The van der Waals surface area contributed by atoms with Gasteiger partial charge >= 0.3 is 0 Å². The van der Waals surface area contributed by atoms with Crippen LogP contribution in [0, 0.1) is 5.92 Å². The van der Waals surface area contributed by atoms with Gasteiger partial charge in [-0.15, -0.1) is 10.2 Å². The highest BCUT2D eigenvalue weighted by atomic mass is 35.7. The molecule has 8 heteroatoms. The predicted octanol–water partition coefficient (Wildman–Crippen LogP) is 1.75. The van der Waals surface area contributed by atoms with E-state index in [9.17, 15) is 8.42 Å². The molecule has 0 bridgehead atoms. The van der Waals surface area contributed by atoms with E-state index in [1.54, 1.807) is 4.57 Å². The van der Waals surface area contributed by atoms with Crippen LogP contribution in [0.5, 0.6) is 0 Å². The third-order valence-corrected chi connectivity index (χ3v) is 4.97. The number of hydrogen-bond donors (Lipinski definition) is 0. The van der Waals surface area contributed by atoms with Crippen molar-refractivity contribution in [1.82, 2.24) is 14.8 Å². The van der Waals surface area contributed by atoms with Crippen LogP contribution < -0.4 is 0 Å². The van der Waals surface area contributed by atoms with Gasteiger partial charge in [0.1, 0.15) is 5.82 Å². The molecule has 0 aliphatic carbocycles. The van der Waals surface area contributed by atoms with E-state index >= 15 is 0 Å². The molecule has 0 radical (unpaired) electrons. The first-order valence-corrected chi connectivity index (χ1v) is 8.61. The maximum Gasteiger partial charge on any atom is 0.296 e. The first-order chi connectivity index (χ1) is 8.77. The number of hydrogen-bond acceptors (Lipinski definition) is 5. The third-order valence-electron chi connectivity index (χ3n) is 3.82. The standard InChI is InChI=1S/C11H18ClN3O3S/c1-5-15-10(13-14-11(15)19(12,16)17)9-6(2)7(3)18-8(9)4/h6-9H,5H2,1-4H3. The lowest BCUT2D eigenvalue weighted by molar-refractivity contribution is 0.0551. The van der Waals surface area contributed by atoms with E-state index in [-0.39, 0.29) is 29.2 Å². The van der Waals surface area contributed by atoms with Gasteiger partial charge in [0, 0.05) is 17.2 Å². The first-order valence-electron chi connectivity index (χ1n) is 6.30. The number of halogens is 1. The monoisotopic (exact) mass is 307 g/mol. The zero-order valence-electron chi connectivity index (χ0n) is 11.4. The number of rotatable bonds is 3. The third kappa shape index (κ3) is 2.51. The summed E-state index contributed by atoms with van der Waals surface area (Å²) in [6, 6.07) is 0. The second-order valence-electron chi connectivity index (χ2n) is 4.95. The zero-order valence-corrected chi connectivity index (χ0v) is 12.9. The molecule has 1 fully saturated rings. The first kappa shape index (κ1) is 14.7. The molecule has 1 aromatic rings. The summed E-state index contributed by atoms with van der Waals surface area (Å²) in [5, 5.41) is 7.59. The highest BCUT2D eigenvalue weighted by Crippen LogP contribution is 2.39. The summed E-state index contributed by atoms with van der Waals surface area (Å²) in [5.41, 5.74) is 0. The molecule has 1 aromatic heterocycles. The van der Waals surface area contributed by atoms with Crippen molar-refractivity contribution in [2.45, 2.75) is 57.5 Å². The SMILES string of the molecule is CCn1c(C2C(C)OC(C)C2C)nnc1S(=O)(=O)Cl. The summed E-state index contributed by atoms with van der Waals surface area (Å²) >= 11 is 0. The quantitative estimate of drug-likeness (QED) is 0.795. The Morgan fingerprint density at radius 2 is 1.89 bits per heavy atom. The minimum Gasteiger partial charge on any atom is -0.374 e. The van der Waals surface area contributed by atoms with Crippen molar-refractivity contribution in [2.75, 3.05) is 0 Å². The minimum atomic E-state index is -3.88. The molecule has 6 nitrogen and oxygen atoms in total. The van der Waals surface area contributed by atoms with E-state index < -0.39 is 9.05 Å². The molecule has 0 spiro atoms. The molecule has 108 valence electrons. The predicted molar refractivity (Wildman–Crippen MR) is 70.6 cm³/mol. The Kier molecular flexibility index (Phi) is 3.90. The maximum absolute atomic E-state index is 11.5. The van der Waals surface area contributed by atoms with Crippen LogP contribution in [0.2, 0.25) is 0 Å².